The molecule has 1 saturated heterocycles. The van der Waals surface area contributed by atoms with Crippen molar-refractivity contribution in [3.8, 4) is 0 Å². The molecule has 0 aromatic rings. The first-order chi connectivity index (χ1) is 5.09. The molecule has 2 aliphatic rings. The Morgan fingerprint density at radius 2 is 2.27 bits per heavy atom. The number of hydrogen-bond donors (Lipinski definition) is 0. The molecule has 0 amide bonds. The average molecular weight is 152 g/mol. The van der Waals surface area contributed by atoms with Crippen LogP contribution >= 0.6 is 0 Å². The van der Waals surface area contributed by atoms with Crippen molar-refractivity contribution in [3.05, 3.63) is 11.6 Å². The second-order valence-corrected chi connectivity index (χ2v) is 4.33. The van der Waals surface area contributed by atoms with Gasteiger partial charge < -0.3 is 4.74 Å². The molecule has 0 N–H and O–H groups in total. The molecule has 1 heterocycles. The van der Waals surface area contributed by atoms with E-state index < -0.39 is 0 Å². The van der Waals surface area contributed by atoms with Crippen LogP contribution < -0.4 is 0 Å². The SMILES string of the molecule is CC1=CC[C@@H]2CC1OC2(C)C. The fourth-order valence-corrected chi connectivity index (χ4v) is 2.17. The molecule has 0 saturated carbocycles. The van der Waals surface area contributed by atoms with Crippen LogP contribution in [0.1, 0.15) is 33.6 Å². The maximum absolute atomic E-state index is 5.92. The van der Waals surface area contributed by atoms with Crippen LogP contribution in [0.3, 0.4) is 0 Å². The third-order valence-corrected chi connectivity index (χ3v) is 3.16. The van der Waals surface area contributed by atoms with Gasteiger partial charge in [0.05, 0.1) is 11.7 Å². The summed E-state index contributed by atoms with van der Waals surface area (Å²) in [5, 5.41) is 0. The second-order valence-electron chi connectivity index (χ2n) is 4.33. The Bertz CT molecular complexity index is 203. The second kappa shape index (κ2) is 2.10. The van der Waals surface area contributed by atoms with Crippen molar-refractivity contribution in [2.75, 3.05) is 0 Å². The van der Waals surface area contributed by atoms with Gasteiger partial charge in [0.2, 0.25) is 0 Å². The van der Waals surface area contributed by atoms with Crippen LogP contribution in [-0.4, -0.2) is 11.7 Å². The molecule has 1 unspecified atom stereocenters. The summed E-state index contributed by atoms with van der Waals surface area (Å²) in [6, 6.07) is 0. The monoisotopic (exact) mass is 152 g/mol. The summed E-state index contributed by atoms with van der Waals surface area (Å²) in [5.41, 5.74) is 1.56. The minimum atomic E-state index is 0.124. The van der Waals surface area contributed by atoms with Crippen LogP contribution in [0.15, 0.2) is 11.6 Å². The van der Waals surface area contributed by atoms with E-state index in [9.17, 15) is 0 Å². The lowest BCUT2D eigenvalue weighted by molar-refractivity contribution is -0.0136. The van der Waals surface area contributed by atoms with E-state index in [1.165, 1.54) is 18.4 Å². The standard InChI is InChI=1S/C10H16O/c1-7-4-5-8-6-9(7)11-10(8,2)3/h4,8-9H,5-6H2,1-3H3/t8-,9?/m1/s1. The number of rotatable bonds is 0. The molecule has 1 nitrogen and oxygen atoms in total. The highest BCUT2D eigenvalue weighted by molar-refractivity contribution is 5.15. The Balaban J connectivity index is 2.25. The van der Waals surface area contributed by atoms with Crippen LogP contribution in [0.2, 0.25) is 0 Å². The van der Waals surface area contributed by atoms with Gasteiger partial charge in [0.15, 0.2) is 0 Å². The van der Waals surface area contributed by atoms with Gasteiger partial charge in [-0.2, -0.15) is 0 Å². The summed E-state index contributed by atoms with van der Waals surface area (Å²) >= 11 is 0. The Morgan fingerprint density at radius 3 is 2.91 bits per heavy atom. The van der Waals surface area contributed by atoms with Crippen molar-refractivity contribution in [2.24, 2.45) is 5.92 Å². The highest BCUT2D eigenvalue weighted by Gasteiger charge is 2.43. The van der Waals surface area contributed by atoms with Gasteiger partial charge in [-0.25, -0.2) is 0 Å². The predicted molar refractivity (Wildman–Crippen MR) is 45.4 cm³/mol. The Labute approximate surface area is 68.4 Å². The van der Waals surface area contributed by atoms with E-state index in [2.05, 4.69) is 26.8 Å². The topological polar surface area (TPSA) is 9.23 Å². The van der Waals surface area contributed by atoms with E-state index in [-0.39, 0.29) is 5.60 Å². The molecule has 0 spiro atoms. The molecule has 0 radical (unpaired) electrons. The van der Waals surface area contributed by atoms with E-state index in [0.29, 0.717) is 6.10 Å². The van der Waals surface area contributed by atoms with Crippen LogP contribution in [0, 0.1) is 5.92 Å². The molecule has 2 atom stereocenters. The van der Waals surface area contributed by atoms with E-state index in [1.54, 1.807) is 0 Å². The summed E-state index contributed by atoms with van der Waals surface area (Å²) < 4.78 is 5.92. The van der Waals surface area contributed by atoms with Gasteiger partial charge in [-0.1, -0.05) is 6.08 Å². The lowest BCUT2D eigenvalue weighted by Gasteiger charge is -2.23. The highest BCUT2D eigenvalue weighted by atomic mass is 16.5. The van der Waals surface area contributed by atoms with Gasteiger partial charge in [0.1, 0.15) is 0 Å². The number of ether oxygens (including phenoxy) is 1. The molecular weight excluding hydrogens is 136 g/mol. The maximum Gasteiger partial charge on any atom is 0.0793 e. The quantitative estimate of drug-likeness (QED) is 0.485. The summed E-state index contributed by atoms with van der Waals surface area (Å²) in [6.07, 6.45) is 5.24. The number of fused-ring (bicyclic) bond motifs is 2. The van der Waals surface area contributed by atoms with Crippen molar-refractivity contribution in [2.45, 2.75) is 45.3 Å². The summed E-state index contributed by atoms with van der Waals surface area (Å²) in [7, 11) is 0. The molecule has 62 valence electrons. The van der Waals surface area contributed by atoms with E-state index >= 15 is 0 Å². The van der Waals surface area contributed by atoms with E-state index in [1.807, 2.05) is 0 Å². The van der Waals surface area contributed by atoms with Gasteiger partial charge in [-0.3, -0.25) is 0 Å². The smallest absolute Gasteiger partial charge is 0.0793 e. The molecule has 11 heavy (non-hydrogen) atoms. The summed E-state index contributed by atoms with van der Waals surface area (Å²) in [6.45, 7) is 6.61. The Morgan fingerprint density at radius 1 is 1.55 bits per heavy atom. The highest BCUT2D eigenvalue weighted by Crippen LogP contribution is 2.43. The Hall–Kier alpha value is -0.300. The molecule has 1 fully saturated rings. The third kappa shape index (κ3) is 1.02. The van der Waals surface area contributed by atoms with Crippen molar-refractivity contribution < 1.29 is 4.74 Å². The fraction of sp³-hybridized carbons (Fsp3) is 0.800. The number of hydrogen-bond acceptors (Lipinski definition) is 1. The van der Waals surface area contributed by atoms with E-state index in [4.69, 9.17) is 4.74 Å². The molecule has 0 aromatic carbocycles. The van der Waals surface area contributed by atoms with Crippen molar-refractivity contribution in [1.29, 1.82) is 0 Å². The Kier molecular flexibility index (Phi) is 1.40. The van der Waals surface area contributed by atoms with Crippen molar-refractivity contribution in [3.63, 3.8) is 0 Å². The zero-order valence-electron chi connectivity index (χ0n) is 7.55. The molecule has 1 aliphatic heterocycles. The first-order valence-corrected chi connectivity index (χ1v) is 4.44. The van der Waals surface area contributed by atoms with Crippen LogP contribution in [-0.2, 0) is 4.74 Å². The minimum absolute atomic E-state index is 0.124. The zero-order valence-corrected chi connectivity index (χ0v) is 7.55. The predicted octanol–water partition coefficient (Wildman–Crippen LogP) is 2.52. The normalized spacial score (nSPS) is 40.5. The molecule has 2 bridgehead atoms. The maximum atomic E-state index is 5.92. The summed E-state index contributed by atoms with van der Waals surface area (Å²) in [4.78, 5) is 0. The van der Waals surface area contributed by atoms with Crippen molar-refractivity contribution >= 4 is 0 Å². The van der Waals surface area contributed by atoms with E-state index in [0.717, 1.165) is 5.92 Å². The molecule has 1 heteroatoms. The molecular formula is C10H16O. The first-order valence-electron chi connectivity index (χ1n) is 4.44. The van der Waals surface area contributed by atoms with Crippen LogP contribution in [0.4, 0.5) is 0 Å². The van der Waals surface area contributed by atoms with Gasteiger partial charge >= 0.3 is 0 Å². The van der Waals surface area contributed by atoms with Crippen molar-refractivity contribution in [1.82, 2.24) is 0 Å². The largest absolute Gasteiger partial charge is 0.368 e. The van der Waals surface area contributed by atoms with Gasteiger partial charge in [-0.15, -0.1) is 0 Å². The molecule has 2 rings (SSSR count). The lowest BCUT2D eigenvalue weighted by atomic mass is 9.82. The summed E-state index contributed by atoms with van der Waals surface area (Å²) in [5.74, 6) is 0.760. The van der Waals surface area contributed by atoms with Gasteiger partial charge in [0.25, 0.3) is 0 Å². The minimum Gasteiger partial charge on any atom is -0.368 e. The first kappa shape index (κ1) is 7.35. The van der Waals surface area contributed by atoms with Gasteiger partial charge in [-0.05, 0) is 45.1 Å². The van der Waals surface area contributed by atoms with Gasteiger partial charge in [0, 0.05) is 0 Å². The third-order valence-electron chi connectivity index (χ3n) is 3.16. The zero-order chi connectivity index (χ0) is 8.06. The molecule has 0 aromatic heterocycles. The van der Waals surface area contributed by atoms with Crippen LogP contribution in [0.5, 0.6) is 0 Å². The molecule has 1 aliphatic carbocycles. The fourth-order valence-electron chi connectivity index (χ4n) is 2.17. The van der Waals surface area contributed by atoms with Crippen LogP contribution in [0.25, 0.3) is 0 Å². The average Bonchev–Trinajstić information content (AvgIpc) is 2.16. The number of allylic oxidation sites excluding steroid dienone is 1. The lowest BCUT2D eigenvalue weighted by Crippen LogP contribution is -2.26.